The summed E-state index contributed by atoms with van der Waals surface area (Å²) in [7, 11) is 3.93. The predicted molar refractivity (Wildman–Crippen MR) is 71.5 cm³/mol. The minimum absolute atomic E-state index is 0.772. The lowest BCUT2D eigenvalue weighted by atomic mass is 10.2. The van der Waals surface area contributed by atoms with Crippen LogP contribution in [0.4, 0.5) is 0 Å². The Morgan fingerprint density at radius 2 is 1.94 bits per heavy atom. The highest BCUT2D eigenvalue weighted by Crippen LogP contribution is 2.14. The van der Waals surface area contributed by atoms with E-state index >= 15 is 0 Å². The minimum Gasteiger partial charge on any atom is -0.316 e. The lowest BCUT2D eigenvalue weighted by Gasteiger charge is -2.05. The molecule has 5 heteroatoms. The van der Waals surface area contributed by atoms with E-state index in [2.05, 4.69) is 40.1 Å². The van der Waals surface area contributed by atoms with E-state index in [0.29, 0.717) is 0 Å². The van der Waals surface area contributed by atoms with Crippen LogP contribution in [-0.2, 0) is 20.1 Å². The number of rotatable bonds is 4. The van der Waals surface area contributed by atoms with Crippen molar-refractivity contribution >= 4 is 0 Å². The van der Waals surface area contributed by atoms with Gasteiger partial charge in [0.1, 0.15) is 0 Å². The number of hydrogen-bond acceptors (Lipinski definition) is 3. The summed E-state index contributed by atoms with van der Waals surface area (Å²) in [6, 6.07) is 2.11. The van der Waals surface area contributed by atoms with Crippen molar-refractivity contribution < 1.29 is 0 Å². The van der Waals surface area contributed by atoms with Gasteiger partial charge in [-0.1, -0.05) is 0 Å². The first-order valence-corrected chi connectivity index (χ1v) is 6.20. The molecule has 2 heterocycles. The Balaban J connectivity index is 2.29. The van der Waals surface area contributed by atoms with Gasteiger partial charge in [0, 0.05) is 24.8 Å². The van der Waals surface area contributed by atoms with Crippen molar-refractivity contribution in [3.63, 3.8) is 0 Å². The molecular formula is C13H21N5. The molecule has 2 rings (SSSR count). The second kappa shape index (κ2) is 4.94. The number of nitrogens with one attached hydrogen (secondary N) is 1. The molecule has 0 unspecified atom stereocenters. The van der Waals surface area contributed by atoms with Crippen LogP contribution in [-0.4, -0.2) is 26.6 Å². The van der Waals surface area contributed by atoms with Crippen LogP contribution in [0, 0.1) is 20.8 Å². The topological polar surface area (TPSA) is 47.7 Å². The minimum atomic E-state index is 0.772. The van der Waals surface area contributed by atoms with E-state index in [9.17, 15) is 0 Å². The van der Waals surface area contributed by atoms with Crippen molar-refractivity contribution in [1.29, 1.82) is 0 Å². The zero-order valence-corrected chi connectivity index (χ0v) is 11.8. The molecule has 18 heavy (non-hydrogen) atoms. The van der Waals surface area contributed by atoms with Crippen LogP contribution in [0.3, 0.4) is 0 Å². The first-order chi connectivity index (χ1) is 8.52. The molecule has 0 atom stereocenters. The molecular weight excluding hydrogens is 226 g/mol. The summed E-state index contributed by atoms with van der Waals surface area (Å²) in [4.78, 5) is 0. The maximum absolute atomic E-state index is 4.61. The van der Waals surface area contributed by atoms with Crippen LogP contribution in [0.1, 0.15) is 28.3 Å². The molecule has 0 aliphatic heterocycles. The molecule has 0 spiro atoms. The Morgan fingerprint density at radius 1 is 1.22 bits per heavy atom. The van der Waals surface area contributed by atoms with E-state index < -0.39 is 0 Å². The van der Waals surface area contributed by atoms with Gasteiger partial charge in [0.15, 0.2) is 0 Å². The fourth-order valence-corrected chi connectivity index (χ4v) is 2.29. The van der Waals surface area contributed by atoms with E-state index in [1.54, 1.807) is 0 Å². The standard InChI is InChI=1S/C13H21N5/c1-9-6-12(17(5)15-9)8-18-11(3)13(7-14-4)10(2)16-18/h6,14H,7-8H2,1-5H3. The summed E-state index contributed by atoms with van der Waals surface area (Å²) in [5.74, 6) is 0. The van der Waals surface area contributed by atoms with Crippen molar-refractivity contribution in [1.82, 2.24) is 24.9 Å². The molecule has 98 valence electrons. The van der Waals surface area contributed by atoms with Crippen LogP contribution in [0.2, 0.25) is 0 Å². The molecule has 0 saturated carbocycles. The van der Waals surface area contributed by atoms with Crippen molar-refractivity contribution in [2.45, 2.75) is 33.9 Å². The third-order valence-corrected chi connectivity index (χ3v) is 3.30. The van der Waals surface area contributed by atoms with Gasteiger partial charge >= 0.3 is 0 Å². The molecule has 0 aliphatic rings. The van der Waals surface area contributed by atoms with Crippen molar-refractivity contribution in [2.24, 2.45) is 7.05 Å². The van der Waals surface area contributed by atoms with Crippen LogP contribution < -0.4 is 5.32 Å². The zero-order chi connectivity index (χ0) is 13.3. The van der Waals surface area contributed by atoms with E-state index in [-0.39, 0.29) is 0 Å². The number of hydrogen-bond donors (Lipinski definition) is 1. The summed E-state index contributed by atoms with van der Waals surface area (Å²) in [5.41, 5.74) is 5.83. The molecule has 0 aliphatic carbocycles. The highest BCUT2D eigenvalue weighted by atomic mass is 15.3. The van der Waals surface area contributed by atoms with Crippen molar-refractivity contribution in [2.75, 3.05) is 7.05 Å². The Kier molecular flexibility index (Phi) is 3.52. The summed E-state index contributed by atoms with van der Waals surface area (Å²) in [6.45, 7) is 7.83. The molecule has 0 radical (unpaired) electrons. The van der Waals surface area contributed by atoms with E-state index in [0.717, 1.165) is 24.5 Å². The highest BCUT2D eigenvalue weighted by molar-refractivity contribution is 5.25. The van der Waals surface area contributed by atoms with Gasteiger partial charge < -0.3 is 5.32 Å². The Bertz CT molecular complexity index is 550. The van der Waals surface area contributed by atoms with Crippen molar-refractivity contribution in [3.8, 4) is 0 Å². The van der Waals surface area contributed by atoms with Crippen LogP contribution in [0.5, 0.6) is 0 Å². The van der Waals surface area contributed by atoms with Gasteiger partial charge in [0.2, 0.25) is 0 Å². The third kappa shape index (κ3) is 2.31. The van der Waals surface area contributed by atoms with Gasteiger partial charge in [0.05, 0.1) is 23.6 Å². The first-order valence-electron chi connectivity index (χ1n) is 6.20. The summed E-state index contributed by atoms with van der Waals surface area (Å²) in [5, 5.41) is 12.2. The maximum Gasteiger partial charge on any atom is 0.0831 e. The zero-order valence-electron chi connectivity index (χ0n) is 11.8. The number of nitrogens with zero attached hydrogens (tertiary/aromatic N) is 4. The summed E-state index contributed by atoms with van der Waals surface area (Å²) in [6.07, 6.45) is 0. The Labute approximate surface area is 108 Å². The van der Waals surface area contributed by atoms with E-state index in [4.69, 9.17) is 0 Å². The van der Waals surface area contributed by atoms with Gasteiger partial charge in [-0.05, 0) is 33.9 Å². The number of aryl methyl sites for hydroxylation is 3. The van der Waals surface area contributed by atoms with Gasteiger partial charge in [0.25, 0.3) is 0 Å². The number of aromatic nitrogens is 4. The first kappa shape index (κ1) is 12.8. The third-order valence-electron chi connectivity index (χ3n) is 3.30. The molecule has 0 fully saturated rings. The largest absolute Gasteiger partial charge is 0.316 e. The lowest BCUT2D eigenvalue weighted by molar-refractivity contribution is 0.602. The van der Waals surface area contributed by atoms with Gasteiger partial charge in [-0.2, -0.15) is 10.2 Å². The Morgan fingerprint density at radius 3 is 2.50 bits per heavy atom. The monoisotopic (exact) mass is 247 g/mol. The Hall–Kier alpha value is -1.62. The fourth-order valence-electron chi connectivity index (χ4n) is 2.29. The molecule has 0 saturated heterocycles. The highest BCUT2D eigenvalue weighted by Gasteiger charge is 2.12. The van der Waals surface area contributed by atoms with Gasteiger partial charge in [-0.25, -0.2) is 0 Å². The second-order valence-corrected chi connectivity index (χ2v) is 4.74. The SMILES string of the molecule is CNCc1c(C)nn(Cc2cc(C)nn2C)c1C. The van der Waals surface area contributed by atoms with Crippen LogP contribution >= 0.6 is 0 Å². The smallest absolute Gasteiger partial charge is 0.0831 e. The fraction of sp³-hybridized carbons (Fsp3) is 0.538. The van der Waals surface area contributed by atoms with E-state index in [1.807, 2.05) is 25.7 Å². The molecule has 1 N–H and O–H groups in total. The van der Waals surface area contributed by atoms with Crippen LogP contribution in [0.15, 0.2) is 6.07 Å². The molecule has 0 aromatic carbocycles. The van der Waals surface area contributed by atoms with E-state index in [1.165, 1.54) is 17.0 Å². The second-order valence-electron chi connectivity index (χ2n) is 4.74. The van der Waals surface area contributed by atoms with Gasteiger partial charge in [-0.15, -0.1) is 0 Å². The van der Waals surface area contributed by atoms with Crippen LogP contribution in [0.25, 0.3) is 0 Å². The predicted octanol–water partition coefficient (Wildman–Crippen LogP) is 1.31. The summed E-state index contributed by atoms with van der Waals surface area (Å²) >= 11 is 0. The normalized spacial score (nSPS) is 11.2. The molecule has 2 aromatic rings. The average Bonchev–Trinajstić information content (AvgIpc) is 2.74. The lowest BCUT2D eigenvalue weighted by Crippen LogP contribution is -2.10. The molecule has 5 nitrogen and oxygen atoms in total. The quantitative estimate of drug-likeness (QED) is 0.886. The average molecular weight is 247 g/mol. The molecule has 2 aromatic heterocycles. The maximum atomic E-state index is 4.61. The summed E-state index contributed by atoms with van der Waals surface area (Å²) < 4.78 is 3.97. The molecule has 0 amide bonds. The van der Waals surface area contributed by atoms with Gasteiger partial charge in [-0.3, -0.25) is 9.36 Å². The van der Waals surface area contributed by atoms with Crippen molar-refractivity contribution in [3.05, 3.63) is 34.4 Å². The molecule has 0 bridgehead atoms.